The fraction of sp³-hybridized carbons (Fsp3) is 0.474. The van der Waals surface area contributed by atoms with Crippen LogP contribution in [0.3, 0.4) is 0 Å². The molecule has 1 aliphatic rings. The minimum absolute atomic E-state index is 0.0687. The lowest BCUT2D eigenvalue weighted by Gasteiger charge is -2.29. The van der Waals surface area contributed by atoms with Gasteiger partial charge in [-0.1, -0.05) is 39.9 Å². The normalized spacial score (nSPS) is 17.0. The average molecular weight is 380 g/mol. The van der Waals surface area contributed by atoms with Gasteiger partial charge in [0.05, 0.1) is 0 Å². The molecule has 25 heavy (non-hydrogen) atoms. The Morgan fingerprint density at radius 2 is 1.84 bits per heavy atom. The number of rotatable bonds is 5. The summed E-state index contributed by atoms with van der Waals surface area (Å²) in [5, 5.41) is 19.6. The van der Waals surface area contributed by atoms with Crippen LogP contribution in [0.15, 0.2) is 17.0 Å². The number of aliphatic carboxylic acids is 1. The Morgan fingerprint density at radius 3 is 2.32 bits per heavy atom. The van der Waals surface area contributed by atoms with Crippen LogP contribution < -0.4 is 0 Å². The van der Waals surface area contributed by atoms with Crippen LogP contribution in [0.1, 0.15) is 56.2 Å². The number of hydrogen-bond donors (Lipinski definition) is 2. The van der Waals surface area contributed by atoms with Gasteiger partial charge in [-0.3, -0.25) is 4.79 Å². The molecule has 0 spiro atoms. The molecule has 2 N–H and O–H groups in total. The summed E-state index contributed by atoms with van der Waals surface area (Å²) in [6.07, 6.45) is 2.01. The van der Waals surface area contributed by atoms with Crippen LogP contribution in [0.25, 0.3) is 6.08 Å². The van der Waals surface area contributed by atoms with E-state index >= 15 is 0 Å². The molecule has 2 rings (SSSR count). The van der Waals surface area contributed by atoms with Gasteiger partial charge in [0.1, 0.15) is 17.3 Å². The summed E-state index contributed by atoms with van der Waals surface area (Å²) in [5.74, 6) is 0.738. The lowest BCUT2D eigenvalue weighted by Crippen LogP contribution is -2.39. The molecule has 0 radical (unpaired) electrons. The summed E-state index contributed by atoms with van der Waals surface area (Å²) in [4.78, 5) is 14.2. The van der Waals surface area contributed by atoms with E-state index in [9.17, 15) is 9.90 Å². The second-order valence-corrected chi connectivity index (χ2v) is 8.36. The van der Waals surface area contributed by atoms with Crippen molar-refractivity contribution in [3.8, 4) is 5.75 Å². The molecule has 6 heteroatoms. The zero-order valence-corrected chi connectivity index (χ0v) is 16.7. The molecule has 1 fully saturated rings. The van der Waals surface area contributed by atoms with E-state index in [1.807, 2.05) is 18.2 Å². The number of hydrogen-bond acceptors (Lipinski definition) is 4. The predicted molar refractivity (Wildman–Crippen MR) is 109 cm³/mol. The quantitative estimate of drug-likeness (QED) is 0.582. The van der Waals surface area contributed by atoms with Crippen LogP contribution in [0.4, 0.5) is 0 Å². The summed E-state index contributed by atoms with van der Waals surface area (Å²) in [7, 11) is 0. The highest BCUT2D eigenvalue weighted by Crippen LogP contribution is 2.36. The molecule has 136 valence electrons. The van der Waals surface area contributed by atoms with Crippen molar-refractivity contribution in [2.45, 2.75) is 39.5 Å². The molecule has 0 unspecified atom stereocenters. The molecule has 0 amide bonds. The maximum atomic E-state index is 11.0. The number of thioether (sulfide) groups is 1. The Hall–Kier alpha value is -1.53. The molecule has 0 bridgehead atoms. The molecule has 1 aromatic carbocycles. The van der Waals surface area contributed by atoms with Gasteiger partial charge in [0.2, 0.25) is 0 Å². The molecular formula is C19H25NO3S2. The lowest BCUT2D eigenvalue weighted by molar-refractivity contribution is -0.137. The van der Waals surface area contributed by atoms with E-state index < -0.39 is 5.97 Å². The van der Waals surface area contributed by atoms with Gasteiger partial charge in [-0.05, 0) is 46.7 Å². The second kappa shape index (κ2) is 8.23. The minimum Gasteiger partial charge on any atom is -0.507 e. The number of aromatic hydroxyl groups is 1. The van der Waals surface area contributed by atoms with Gasteiger partial charge in [-0.25, -0.2) is 0 Å². The number of nitrogens with zero attached hydrogens (tertiary/aromatic N) is 1. The third-order valence-corrected chi connectivity index (χ3v) is 5.79. The highest BCUT2D eigenvalue weighted by molar-refractivity contribution is 8.05. The number of phenolic OH excluding ortho intramolecular Hbond substituents is 1. The average Bonchev–Trinajstić information content (AvgIpc) is 2.51. The van der Waals surface area contributed by atoms with E-state index in [0.29, 0.717) is 17.3 Å². The van der Waals surface area contributed by atoms with Gasteiger partial charge < -0.3 is 15.1 Å². The van der Waals surface area contributed by atoms with Gasteiger partial charge in [0.15, 0.2) is 0 Å². The predicted octanol–water partition coefficient (Wildman–Crippen LogP) is 4.44. The van der Waals surface area contributed by atoms with E-state index in [4.69, 9.17) is 17.3 Å². The Bertz CT molecular complexity index is 682. The van der Waals surface area contributed by atoms with Crippen LogP contribution in [0.2, 0.25) is 0 Å². The molecule has 1 saturated heterocycles. The Kier molecular flexibility index (Phi) is 6.52. The van der Waals surface area contributed by atoms with Crippen molar-refractivity contribution in [3.63, 3.8) is 0 Å². The molecular weight excluding hydrogens is 354 g/mol. The fourth-order valence-corrected chi connectivity index (χ4v) is 4.22. The van der Waals surface area contributed by atoms with Gasteiger partial charge in [0.25, 0.3) is 0 Å². The zero-order valence-electron chi connectivity index (χ0n) is 15.1. The molecule has 0 aromatic heterocycles. The smallest absolute Gasteiger partial charge is 0.323 e. The topological polar surface area (TPSA) is 60.8 Å². The Labute approximate surface area is 158 Å². The molecule has 4 nitrogen and oxygen atoms in total. The van der Waals surface area contributed by atoms with Crippen LogP contribution in [0.5, 0.6) is 5.75 Å². The van der Waals surface area contributed by atoms with Crippen molar-refractivity contribution in [3.05, 3.63) is 33.7 Å². The van der Waals surface area contributed by atoms with Crippen LogP contribution in [-0.2, 0) is 4.79 Å². The first kappa shape index (κ1) is 19.8. The number of thiocarbonyl (C=S) groups is 1. The first-order chi connectivity index (χ1) is 11.7. The number of benzene rings is 1. The zero-order chi connectivity index (χ0) is 18.7. The third-order valence-electron chi connectivity index (χ3n) is 4.18. The van der Waals surface area contributed by atoms with Crippen molar-refractivity contribution in [1.29, 1.82) is 0 Å². The van der Waals surface area contributed by atoms with Gasteiger partial charge >= 0.3 is 5.97 Å². The Balaban J connectivity index is 2.42. The third kappa shape index (κ3) is 4.76. The van der Waals surface area contributed by atoms with Crippen LogP contribution >= 0.6 is 24.0 Å². The summed E-state index contributed by atoms with van der Waals surface area (Å²) in [6, 6.07) is 4.00. The molecule has 1 aliphatic heterocycles. The second-order valence-electron chi connectivity index (χ2n) is 6.83. The first-order valence-electron chi connectivity index (χ1n) is 8.43. The molecule has 1 aromatic rings. The van der Waals surface area contributed by atoms with E-state index in [2.05, 4.69) is 27.7 Å². The van der Waals surface area contributed by atoms with E-state index in [1.54, 1.807) is 16.7 Å². The van der Waals surface area contributed by atoms with Crippen molar-refractivity contribution < 1.29 is 15.0 Å². The largest absolute Gasteiger partial charge is 0.507 e. The maximum Gasteiger partial charge on any atom is 0.323 e. The van der Waals surface area contributed by atoms with Crippen LogP contribution in [-0.4, -0.2) is 44.9 Å². The van der Waals surface area contributed by atoms with Crippen molar-refractivity contribution >= 4 is 41.0 Å². The van der Waals surface area contributed by atoms with Crippen molar-refractivity contribution in [1.82, 2.24) is 4.90 Å². The van der Waals surface area contributed by atoms with Gasteiger partial charge in [0, 0.05) is 17.2 Å². The highest BCUT2D eigenvalue weighted by Gasteiger charge is 2.22. The highest BCUT2D eigenvalue weighted by atomic mass is 32.2. The molecule has 0 atom stereocenters. The van der Waals surface area contributed by atoms with Gasteiger partial charge in [-0.2, -0.15) is 0 Å². The number of carboxylic acid groups (broad SMARTS) is 1. The summed E-state index contributed by atoms with van der Waals surface area (Å²) < 4.78 is 0. The van der Waals surface area contributed by atoms with E-state index in [0.717, 1.165) is 27.3 Å². The lowest BCUT2D eigenvalue weighted by atomic mass is 9.91. The summed E-state index contributed by atoms with van der Waals surface area (Å²) in [5.41, 5.74) is 2.84. The fourth-order valence-electron chi connectivity index (χ4n) is 2.82. The minimum atomic E-state index is -0.873. The summed E-state index contributed by atoms with van der Waals surface area (Å²) >= 11 is 7.14. The van der Waals surface area contributed by atoms with Crippen molar-refractivity contribution in [2.24, 2.45) is 0 Å². The molecule has 0 saturated carbocycles. The Morgan fingerprint density at radius 1 is 1.28 bits per heavy atom. The summed E-state index contributed by atoms with van der Waals surface area (Å²) in [6.45, 7) is 8.82. The maximum absolute atomic E-state index is 11.0. The first-order valence-corrected chi connectivity index (χ1v) is 9.82. The SMILES string of the molecule is CC(C)c1cc(/C=C2/SCCN(CC(=O)O)C2=S)cc(C(C)C)c1O. The molecule has 0 aliphatic carbocycles. The number of carboxylic acids is 1. The van der Waals surface area contributed by atoms with Crippen molar-refractivity contribution in [2.75, 3.05) is 18.8 Å². The van der Waals surface area contributed by atoms with Gasteiger partial charge in [-0.15, -0.1) is 11.8 Å². The number of carbonyl (C=O) groups is 1. The monoisotopic (exact) mass is 379 g/mol. The number of phenols is 1. The van der Waals surface area contributed by atoms with E-state index in [-0.39, 0.29) is 18.4 Å². The van der Waals surface area contributed by atoms with Crippen LogP contribution in [0, 0.1) is 0 Å². The standard InChI is InChI=1S/C19H25NO3S2/c1-11(2)14-7-13(8-15(12(3)4)18(14)23)9-16-19(24)20(5-6-25-16)10-17(21)22/h7-9,11-12,23H,5-6,10H2,1-4H3,(H,21,22)/b16-9+. The van der Waals surface area contributed by atoms with E-state index in [1.165, 1.54) is 0 Å². The molecule has 1 heterocycles.